The van der Waals surface area contributed by atoms with Gasteiger partial charge in [-0.2, -0.15) is 0 Å². The van der Waals surface area contributed by atoms with Crippen LogP contribution >= 0.6 is 15.9 Å². The first-order chi connectivity index (χ1) is 9.57. The van der Waals surface area contributed by atoms with Crippen LogP contribution in [0.3, 0.4) is 0 Å². The van der Waals surface area contributed by atoms with Gasteiger partial charge in [0.1, 0.15) is 11.4 Å². The maximum Gasteiger partial charge on any atom is 0.252 e. The first-order valence-corrected chi connectivity index (χ1v) is 7.35. The molecule has 2 N–H and O–H groups in total. The molecule has 0 saturated carbocycles. The monoisotopic (exact) mass is 344 g/mol. The summed E-state index contributed by atoms with van der Waals surface area (Å²) in [5, 5.41) is 6.04. The molecule has 110 valence electrons. The van der Waals surface area contributed by atoms with Crippen LogP contribution in [-0.2, 0) is 16.1 Å². The van der Waals surface area contributed by atoms with Crippen molar-refractivity contribution in [1.82, 2.24) is 10.6 Å². The Morgan fingerprint density at radius 3 is 2.85 bits per heavy atom. The minimum absolute atomic E-state index is 0.141. The number of amides is 1. The maximum absolute atomic E-state index is 13.2. The smallest absolute Gasteiger partial charge is 0.252 e. The molecule has 2 rings (SSSR count). The highest BCUT2D eigenvalue weighted by Crippen LogP contribution is 2.23. The average molecular weight is 345 g/mol. The Labute approximate surface area is 126 Å². The largest absolute Gasteiger partial charge is 0.368 e. The van der Waals surface area contributed by atoms with Gasteiger partial charge in [-0.05, 0) is 49.7 Å². The molecule has 0 radical (unpaired) electrons. The van der Waals surface area contributed by atoms with Gasteiger partial charge in [-0.15, -0.1) is 0 Å². The third kappa shape index (κ3) is 3.37. The molecule has 1 fully saturated rings. The van der Waals surface area contributed by atoms with Crippen LogP contribution in [0.25, 0.3) is 0 Å². The van der Waals surface area contributed by atoms with Gasteiger partial charge in [-0.3, -0.25) is 4.79 Å². The van der Waals surface area contributed by atoms with E-state index >= 15 is 0 Å². The number of ether oxygens (including phenoxy) is 1. The zero-order valence-electron chi connectivity index (χ0n) is 11.3. The van der Waals surface area contributed by atoms with Gasteiger partial charge in [0.2, 0.25) is 0 Å². The molecular formula is C14H18BrFN2O2. The number of rotatable bonds is 4. The second-order valence-corrected chi connectivity index (χ2v) is 5.72. The highest BCUT2D eigenvalue weighted by atomic mass is 79.9. The Balaban J connectivity index is 2.02. The van der Waals surface area contributed by atoms with Crippen molar-refractivity contribution < 1.29 is 13.9 Å². The van der Waals surface area contributed by atoms with E-state index in [4.69, 9.17) is 4.74 Å². The molecule has 4 nitrogen and oxygen atoms in total. The van der Waals surface area contributed by atoms with Crippen LogP contribution in [0.4, 0.5) is 4.39 Å². The van der Waals surface area contributed by atoms with Crippen molar-refractivity contribution in [2.24, 2.45) is 0 Å². The molecule has 20 heavy (non-hydrogen) atoms. The van der Waals surface area contributed by atoms with Gasteiger partial charge in [0.25, 0.3) is 5.91 Å². The zero-order chi connectivity index (χ0) is 14.6. The molecule has 1 aromatic rings. The zero-order valence-corrected chi connectivity index (χ0v) is 12.9. The van der Waals surface area contributed by atoms with Crippen LogP contribution in [0, 0.1) is 5.82 Å². The van der Waals surface area contributed by atoms with Crippen molar-refractivity contribution in [3.05, 3.63) is 34.1 Å². The number of hydrogen-bond donors (Lipinski definition) is 2. The lowest BCUT2D eigenvalue weighted by Gasteiger charge is -2.34. The lowest BCUT2D eigenvalue weighted by atomic mass is 9.91. The molecule has 0 spiro atoms. The number of carbonyl (C=O) groups excluding carboxylic acids is 1. The predicted octanol–water partition coefficient (Wildman–Crippen LogP) is 1.97. The number of benzene rings is 1. The fraction of sp³-hybridized carbons (Fsp3) is 0.500. The van der Waals surface area contributed by atoms with Gasteiger partial charge in [-0.1, -0.05) is 15.9 Å². The second kappa shape index (κ2) is 6.65. The van der Waals surface area contributed by atoms with E-state index in [0.717, 1.165) is 17.6 Å². The lowest BCUT2D eigenvalue weighted by molar-refractivity contribution is -0.146. The second-order valence-electron chi connectivity index (χ2n) is 4.87. The lowest BCUT2D eigenvalue weighted by Crippen LogP contribution is -2.53. The number of methoxy groups -OCH3 is 1. The van der Waals surface area contributed by atoms with Gasteiger partial charge in [0.15, 0.2) is 0 Å². The summed E-state index contributed by atoms with van der Waals surface area (Å²) in [4.78, 5) is 12.3. The van der Waals surface area contributed by atoms with E-state index < -0.39 is 5.60 Å². The molecule has 0 aromatic heterocycles. The summed E-state index contributed by atoms with van der Waals surface area (Å²) in [6.07, 6.45) is 1.28. The third-order valence-electron chi connectivity index (χ3n) is 3.66. The number of carbonyl (C=O) groups is 1. The topological polar surface area (TPSA) is 50.4 Å². The maximum atomic E-state index is 13.2. The van der Waals surface area contributed by atoms with Crippen molar-refractivity contribution in [2.45, 2.75) is 25.0 Å². The minimum atomic E-state index is -0.773. The van der Waals surface area contributed by atoms with Gasteiger partial charge in [0.05, 0.1) is 0 Å². The van der Waals surface area contributed by atoms with Crippen LogP contribution in [0.15, 0.2) is 22.7 Å². The SMILES string of the molecule is COC1(C(=O)NCc2cc(F)ccc2Br)CCNCC1. The van der Waals surface area contributed by atoms with E-state index in [9.17, 15) is 9.18 Å². The van der Waals surface area contributed by atoms with Crippen molar-refractivity contribution in [1.29, 1.82) is 0 Å². The fourth-order valence-electron chi connectivity index (χ4n) is 2.37. The number of piperidine rings is 1. The molecule has 1 heterocycles. The normalized spacial score (nSPS) is 17.8. The fourth-order valence-corrected chi connectivity index (χ4v) is 2.76. The number of halogens is 2. The minimum Gasteiger partial charge on any atom is -0.368 e. The van der Waals surface area contributed by atoms with E-state index in [1.165, 1.54) is 12.1 Å². The van der Waals surface area contributed by atoms with Gasteiger partial charge >= 0.3 is 0 Å². The van der Waals surface area contributed by atoms with E-state index in [1.807, 2.05) is 0 Å². The summed E-state index contributed by atoms with van der Waals surface area (Å²) in [6, 6.07) is 4.42. The van der Waals surface area contributed by atoms with Crippen LogP contribution in [0.5, 0.6) is 0 Å². The van der Waals surface area contributed by atoms with Gasteiger partial charge in [-0.25, -0.2) is 4.39 Å². The van der Waals surface area contributed by atoms with Gasteiger partial charge in [0, 0.05) is 18.1 Å². The molecule has 1 saturated heterocycles. The molecule has 1 aliphatic heterocycles. The Morgan fingerprint density at radius 1 is 1.50 bits per heavy atom. The van der Waals surface area contributed by atoms with Crippen LogP contribution in [0.1, 0.15) is 18.4 Å². The Hall–Kier alpha value is -0.980. The predicted molar refractivity (Wildman–Crippen MR) is 77.8 cm³/mol. The molecule has 0 atom stereocenters. The molecule has 0 unspecified atom stereocenters. The summed E-state index contributed by atoms with van der Waals surface area (Å²) in [6.45, 7) is 1.78. The molecule has 1 aromatic carbocycles. The molecule has 6 heteroatoms. The van der Waals surface area contributed by atoms with Crippen molar-refractivity contribution in [2.75, 3.05) is 20.2 Å². The first-order valence-electron chi connectivity index (χ1n) is 6.55. The quantitative estimate of drug-likeness (QED) is 0.877. The Bertz CT molecular complexity index is 490. The summed E-state index contributed by atoms with van der Waals surface area (Å²) in [5.74, 6) is -0.460. The molecular weight excluding hydrogens is 327 g/mol. The van der Waals surface area contributed by atoms with E-state index in [0.29, 0.717) is 18.4 Å². The molecule has 0 aliphatic carbocycles. The van der Waals surface area contributed by atoms with E-state index in [2.05, 4.69) is 26.6 Å². The summed E-state index contributed by atoms with van der Waals surface area (Å²) < 4.78 is 19.4. The number of nitrogens with one attached hydrogen (secondary N) is 2. The third-order valence-corrected chi connectivity index (χ3v) is 4.44. The summed E-state index contributed by atoms with van der Waals surface area (Å²) in [7, 11) is 1.56. The van der Waals surface area contributed by atoms with Gasteiger partial charge < -0.3 is 15.4 Å². The van der Waals surface area contributed by atoms with Crippen molar-refractivity contribution >= 4 is 21.8 Å². The number of hydrogen-bond acceptors (Lipinski definition) is 3. The Kier molecular flexibility index (Phi) is 5.12. The van der Waals surface area contributed by atoms with Crippen molar-refractivity contribution in [3.8, 4) is 0 Å². The summed E-state index contributed by atoms with van der Waals surface area (Å²) in [5.41, 5.74) is -0.0658. The molecule has 1 amide bonds. The van der Waals surface area contributed by atoms with E-state index in [1.54, 1.807) is 13.2 Å². The highest BCUT2D eigenvalue weighted by Gasteiger charge is 2.39. The standard InChI is InChI=1S/C14H18BrFN2O2/c1-20-14(4-6-17-7-5-14)13(19)18-9-10-8-11(16)2-3-12(10)15/h2-3,8,17H,4-7,9H2,1H3,(H,18,19). The van der Waals surface area contributed by atoms with Crippen LogP contribution in [-0.4, -0.2) is 31.7 Å². The van der Waals surface area contributed by atoms with Crippen LogP contribution < -0.4 is 10.6 Å². The average Bonchev–Trinajstić information content (AvgIpc) is 2.48. The van der Waals surface area contributed by atoms with Crippen LogP contribution in [0.2, 0.25) is 0 Å². The molecule has 0 bridgehead atoms. The van der Waals surface area contributed by atoms with E-state index in [-0.39, 0.29) is 18.3 Å². The molecule has 1 aliphatic rings. The Morgan fingerprint density at radius 2 is 2.20 bits per heavy atom. The highest BCUT2D eigenvalue weighted by molar-refractivity contribution is 9.10. The summed E-state index contributed by atoms with van der Waals surface area (Å²) >= 11 is 3.35. The van der Waals surface area contributed by atoms with Crippen molar-refractivity contribution in [3.63, 3.8) is 0 Å². The first kappa shape index (κ1) is 15.4.